The zero-order valence-electron chi connectivity index (χ0n) is 43.9. The molecule has 3 N–H and O–H groups in total. The second-order valence-electron chi connectivity index (χ2n) is 26.8. The van der Waals surface area contributed by atoms with E-state index in [1.807, 2.05) is 13.0 Å². The van der Waals surface area contributed by atoms with Gasteiger partial charge in [0.15, 0.2) is 5.78 Å². The summed E-state index contributed by atoms with van der Waals surface area (Å²) >= 11 is 3.50. The van der Waals surface area contributed by atoms with Crippen molar-refractivity contribution in [2.75, 3.05) is 5.33 Å². The van der Waals surface area contributed by atoms with Gasteiger partial charge < -0.3 is 10.2 Å². The maximum Gasteiger partial charge on any atom is 0.158 e. The monoisotopic (exact) mass is 1010 g/mol. The molecule has 11 heteroatoms. The van der Waals surface area contributed by atoms with E-state index in [-0.39, 0.29) is 29.2 Å². The molecule has 18 atom stereocenters. The molecule has 8 aliphatic carbocycles. The van der Waals surface area contributed by atoms with E-state index in [0.29, 0.717) is 92.1 Å². The predicted molar refractivity (Wildman–Crippen MR) is 273 cm³/mol. The van der Waals surface area contributed by atoms with Crippen LogP contribution in [0.1, 0.15) is 183 Å². The van der Waals surface area contributed by atoms with Gasteiger partial charge in [0.2, 0.25) is 0 Å². The maximum atomic E-state index is 13.8. The number of Topliss-reactive ketones (excluding diaryl/α,β-unsaturated/α-hetero) is 2. The smallest absolute Gasteiger partial charge is 0.158 e. The van der Waals surface area contributed by atoms with Crippen molar-refractivity contribution in [2.24, 2.45) is 105 Å². The Morgan fingerprint density at radius 1 is 0.681 bits per heavy atom. The fraction of sp³-hybridized carbons (Fsp3) is 0.828. The Labute approximate surface area is 423 Å². The Bertz CT molecular complexity index is 2240. The molecule has 0 aliphatic heterocycles. The molecule has 380 valence electrons. The van der Waals surface area contributed by atoms with E-state index in [9.17, 15) is 19.8 Å². The van der Waals surface area contributed by atoms with Crippen molar-refractivity contribution < 1.29 is 19.8 Å². The lowest BCUT2D eigenvalue weighted by atomic mass is 9.44. The molecule has 2 heterocycles. The van der Waals surface area contributed by atoms with Gasteiger partial charge in [-0.1, -0.05) is 71.3 Å². The van der Waals surface area contributed by atoms with Crippen molar-refractivity contribution >= 4 is 27.5 Å². The number of H-pyrrole nitrogens is 1. The lowest BCUT2D eigenvalue weighted by molar-refractivity contribution is -0.151. The second kappa shape index (κ2) is 19.5. The molecule has 10 rings (SSSR count). The Morgan fingerprint density at radius 3 is 1.55 bits per heavy atom. The van der Waals surface area contributed by atoms with Crippen LogP contribution in [-0.2, 0) is 16.1 Å². The Balaban J connectivity index is 0.000000165. The summed E-state index contributed by atoms with van der Waals surface area (Å²) in [5.41, 5.74) is 1.13. The van der Waals surface area contributed by atoms with Crippen LogP contribution in [0, 0.1) is 127 Å². The number of aromatic amines is 1. The lowest BCUT2D eigenvalue weighted by Gasteiger charge is -2.61. The van der Waals surface area contributed by atoms with Crippen molar-refractivity contribution in [3.63, 3.8) is 0 Å². The van der Waals surface area contributed by atoms with Crippen LogP contribution in [0.25, 0.3) is 0 Å². The molecule has 8 saturated carbocycles. The fourth-order valence-corrected chi connectivity index (χ4v) is 19.1. The highest BCUT2D eigenvalue weighted by Crippen LogP contribution is 2.71. The van der Waals surface area contributed by atoms with Gasteiger partial charge in [-0.05, 0) is 209 Å². The molecular formula is C58H87BrN6O4. The molecule has 0 aromatic carbocycles. The number of rotatable bonds is 7. The standard InChI is InChI=1S/C29H43N3O2.C25H41BrO2.C4H3N3/c1-18(2)22-12-24-21-7-6-20-13-27(3,34)10-11-28(20,4)23(21)8-9-29(24,5)26(22)25(33)17-32-16-19(14-30)15-31-32;1-15(2)18-12-20-17-7-6-16-13-23(3,28)10-11-24(16,4)19(17)8-9-25(20,5)22(18)21(27)14-26;5-1-4-2-6-7-3-4/h15-16,18,20-24,26,34H,6-13,17H2,1-5H3;15-20,22,28H,6-14H2,1-5H3;2-3H,(H,6,7)/t20-,21+,22-,23-,24-,26+,27+,28-,29-;16-,17+,18-,19-,20-,22+,23+,24-,25-;/m00./s1. The lowest BCUT2D eigenvalue weighted by Crippen LogP contribution is -2.55. The normalized spacial score (nSPS) is 45.1. The Kier molecular flexibility index (Phi) is 14.8. The summed E-state index contributed by atoms with van der Waals surface area (Å²) in [7, 11) is 0. The zero-order chi connectivity index (χ0) is 50.1. The second-order valence-corrected chi connectivity index (χ2v) is 27.3. The number of nitriles is 2. The number of fused-ring (bicyclic) bond motifs is 10. The van der Waals surface area contributed by atoms with Gasteiger partial charge in [0, 0.05) is 24.2 Å². The van der Waals surface area contributed by atoms with Crippen LogP contribution in [0.15, 0.2) is 24.8 Å². The molecule has 10 nitrogen and oxygen atoms in total. The zero-order valence-corrected chi connectivity index (χ0v) is 45.5. The molecule has 0 unspecified atom stereocenters. The molecule has 0 saturated heterocycles. The van der Waals surface area contributed by atoms with Crippen LogP contribution in [0.3, 0.4) is 0 Å². The van der Waals surface area contributed by atoms with Gasteiger partial charge in [0.1, 0.15) is 17.9 Å². The largest absolute Gasteiger partial charge is 0.390 e. The van der Waals surface area contributed by atoms with Gasteiger partial charge in [0.05, 0.1) is 46.6 Å². The summed E-state index contributed by atoms with van der Waals surface area (Å²) in [6.45, 7) is 23.6. The summed E-state index contributed by atoms with van der Waals surface area (Å²) in [4.78, 5) is 26.9. The van der Waals surface area contributed by atoms with Crippen molar-refractivity contribution in [2.45, 2.75) is 190 Å². The van der Waals surface area contributed by atoms with Crippen LogP contribution < -0.4 is 0 Å². The first-order chi connectivity index (χ1) is 32.4. The SMILES string of the molecule is CC(C)[C@@H]1C[C@H]2[C@@H]3CC[C@H]4C[C@](C)(O)CC[C@]4(C)[C@H]3CC[C@]2(C)[C@H]1C(=O)CBr.CC(C)[C@@H]1C[C@H]2[C@@H]3CC[C@H]4C[C@](C)(O)CC[C@]4(C)[C@H]3CC[C@]2(C)[C@H]1C(=O)Cn1cc(C#N)cn1.N#Cc1cn[nH]c1. The summed E-state index contributed by atoms with van der Waals surface area (Å²) in [6.07, 6.45) is 24.9. The van der Waals surface area contributed by atoms with Crippen LogP contribution in [-0.4, -0.2) is 58.3 Å². The fourth-order valence-electron chi connectivity index (χ4n) is 18.7. The van der Waals surface area contributed by atoms with Gasteiger partial charge in [-0.2, -0.15) is 20.7 Å². The number of nitrogens with one attached hydrogen (secondary N) is 1. The van der Waals surface area contributed by atoms with Crippen LogP contribution in [0.4, 0.5) is 0 Å². The average Bonchev–Trinajstić information content (AvgIpc) is 4.11. The number of carbonyl (C=O) groups is 2. The number of carbonyl (C=O) groups excluding carboxylic acids is 2. The van der Waals surface area contributed by atoms with Crippen molar-refractivity contribution in [1.82, 2.24) is 20.0 Å². The first kappa shape index (κ1) is 52.5. The number of nitrogens with zero attached hydrogens (tertiary/aromatic N) is 5. The average molecular weight is 1010 g/mol. The maximum absolute atomic E-state index is 13.8. The molecule has 2 aromatic heterocycles. The van der Waals surface area contributed by atoms with Gasteiger partial charge in [-0.3, -0.25) is 19.4 Å². The molecule has 8 fully saturated rings. The van der Waals surface area contributed by atoms with Gasteiger partial charge in [0.25, 0.3) is 0 Å². The number of aromatic nitrogens is 4. The van der Waals surface area contributed by atoms with E-state index >= 15 is 0 Å². The highest BCUT2D eigenvalue weighted by molar-refractivity contribution is 9.09. The molecule has 0 radical (unpaired) electrons. The summed E-state index contributed by atoms with van der Waals surface area (Å²) in [6, 6.07) is 4.04. The Morgan fingerprint density at radius 2 is 1.16 bits per heavy atom. The van der Waals surface area contributed by atoms with E-state index in [4.69, 9.17) is 10.5 Å². The van der Waals surface area contributed by atoms with Crippen molar-refractivity contribution in [1.29, 1.82) is 10.5 Å². The number of alkyl halides is 1. The van der Waals surface area contributed by atoms with Gasteiger partial charge in [-0.15, -0.1) is 0 Å². The minimum Gasteiger partial charge on any atom is -0.390 e. The summed E-state index contributed by atoms with van der Waals surface area (Å²) < 4.78 is 1.67. The minimum atomic E-state index is -0.494. The highest BCUT2D eigenvalue weighted by atomic mass is 79.9. The van der Waals surface area contributed by atoms with Crippen LogP contribution in [0.5, 0.6) is 0 Å². The van der Waals surface area contributed by atoms with E-state index in [0.717, 1.165) is 56.3 Å². The highest BCUT2D eigenvalue weighted by Gasteiger charge is 2.66. The number of aliphatic hydroxyl groups is 2. The third kappa shape index (κ3) is 9.52. The molecule has 8 aliphatic rings. The quantitative estimate of drug-likeness (QED) is 0.230. The van der Waals surface area contributed by atoms with Gasteiger partial charge >= 0.3 is 0 Å². The van der Waals surface area contributed by atoms with E-state index < -0.39 is 11.2 Å². The molecule has 0 amide bonds. The Hall–Kier alpha value is -2.86. The minimum absolute atomic E-state index is 0.0573. The first-order valence-electron chi connectivity index (χ1n) is 27.3. The predicted octanol–water partition coefficient (Wildman–Crippen LogP) is 12.1. The van der Waals surface area contributed by atoms with Crippen LogP contribution >= 0.6 is 15.9 Å². The number of halogens is 1. The molecule has 0 spiro atoms. The third-order valence-corrected chi connectivity index (χ3v) is 22.9. The van der Waals surface area contributed by atoms with E-state index in [2.05, 4.69) is 99.6 Å². The van der Waals surface area contributed by atoms with E-state index in [1.54, 1.807) is 23.3 Å². The molecular weight excluding hydrogens is 925 g/mol. The molecule has 2 aromatic rings. The number of hydrogen-bond acceptors (Lipinski definition) is 8. The topological polar surface area (TPSA) is 169 Å². The number of hydrogen-bond donors (Lipinski definition) is 3. The van der Waals surface area contributed by atoms with Crippen molar-refractivity contribution in [3.05, 3.63) is 35.9 Å². The summed E-state index contributed by atoms with van der Waals surface area (Å²) in [5.74, 6) is 8.80. The third-order valence-electron chi connectivity index (χ3n) is 22.4. The molecule has 69 heavy (non-hydrogen) atoms. The first-order valence-corrected chi connectivity index (χ1v) is 28.4. The van der Waals surface area contributed by atoms with Crippen LogP contribution in [0.2, 0.25) is 0 Å². The molecule has 0 bridgehead atoms. The summed E-state index contributed by atoms with van der Waals surface area (Å²) in [5, 5.41) is 49.6. The number of ketones is 2. The van der Waals surface area contributed by atoms with Gasteiger partial charge in [-0.25, -0.2) is 0 Å². The van der Waals surface area contributed by atoms with E-state index in [1.165, 1.54) is 70.4 Å². The van der Waals surface area contributed by atoms with Crippen molar-refractivity contribution in [3.8, 4) is 12.1 Å².